The van der Waals surface area contributed by atoms with Crippen LogP contribution in [0.25, 0.3) is 0 Å². The van der Waals surface area contributed by atoms with E-state index in [2.05, 4.69) is 21.2 Å². The molecule has 4 nitrogen and oxygen atoms in total. The molecule has 0 atom stereocenters. The van der Waals surface area contributed by atoms with Gasteiger partial charge in [-0.2, -0.15) is 0 Å². The van der Waals surface area contributed by atoms with Gasteiger partial charge in [0.25, 0.3) is 5.91 Å². The largest absolute Gasteiger partial charge is 0.459 e. The average molecular weight is 366 g/mol. The molecule has 2 aromatic rings. The van der Waals surface area contributed by atoms with Crippen molar-refractivity contribution in [3.8, 4) is 0 Å². The number of nitrogens with one attached hydrogen (secondary N) is 1. The van der Waals surface area contributed by atoms with Crippen molar-refractivity contribution in [3.63, 3.8) is 0 Å². The van der Waals surface area contributed by atoms with Gasteiger partial charge in [-0.1, -0.05) is 40.2 Å². The van der Waals surface area contributed by atoms with Gasteiger partial charge in [-0.05, 0) is 24.3 Å². The van der Waals surface area contributed by atoms with Crippen molar-refractivity contribution >= 4 is 27.8 Å². The van der Waals surface area contributed by atoms with Crippen LogP contribution in [0.3, 0.4) is 0 Å². The molecule has 0 aromatic heterocycles. The van der Waals surface area contributed by atoms with Gasteiger partial charge in [0, 0.05) is 15.6 Å². The number of hydrogen-bond donors (Lipinski definition) is 1. The van der Waals surface area contributed by atoms with Crippen molar-refractivity contribution in [2.45, 2.75) is 6.61 Å². The minimum absolute atomic E-state index is 0.107. The Hall–Kier alpha value is -2.21. The van der Waals surface area contributed by atoms with E-state index in [4.69, 9.17) is 4.74 Å². The van der Waals surface area contributed by atoms with Crippen molar-refractivity contribution in [2.24, 2.45) is 0 Å². The molecule has 0 aliphatic heterocycles. The van der Waals surface area contributed by atoms with Crippen LogP contribution in [0.2, 0.25) is 0 Å². The summed E-state index contributed by atoms with van der Waals surface area (Å²) < 4.78 is 18.9. The highest BCUT2D eigenvalue weighted by Crippen LogP contribution is 2.16. The molecule has 0 heterocycles. The van der Waals surface area contributed by atoms with Crippen LogP contribution >= 0.6 is 15.9 Å². The summed E-state index contributed by atoms with van der Waals surface area (Å²) >= 11 is 3.35. The Labute approximate surface area is 135 Å². The predicted octanol–water partition coefficient (Wildman–Crippen LogP) is 3.06. The Kier molecular flexibility index (Phi) is 5.66. The molecule has 2 rings (SSSR count). The van der Waals surface area contributed by atoms with Gasteiger partial charge in [-0.15, -0.1) is 0 Å². The first-order chi connectivity index (χ1) is 10.6. The fraction of sp³-hybridized carbons (Fsp3) is 0.125. The SMILES string of the molecule is O=C(CNC(=O)c1cccc(F)c1)OCc1ccccc1Br. The first kappa shape index (κ1) is 16.2. The van der Waals surface area contributed by atoms with Crippen LogP contribution in [-0.2, 0) is 16.1 Å². The lowest BCUT2D eigenvalue weighted by Crippen LogP contribution is -2.30. The Morgan fingerprint density at radius 2 is 1.91 bits per heavy atom. The number of rotatable bonds is 5. The molecule has 0 aliphatic carbocycles. The molecule has 0 bridgehead atoms. The van der Waals surface area contributed by atoms with E-state index in [9.17, 15) is 14.0 Å². The zero-order valence-electron chi connectivity index (χ0n) is 11.5. The molecular weight excluding hydrogens is 353 g/mol. The molecule has 114 valence electrons. The van der Waals surface area contributed by atoms with Crippen LogP contribution in [0.5, 0.6) is 0 Å². The number of carbonyl (C=O) groups excluding carboxylic acids is 2. The first-order valence-corrected chi connectivity index (χ1v) is 7.28. The molecule has 1 amide bonds. The van der Waals surface area contributed by atoms with Crippen LogP contribution in [0.15, 0.2) is 53.0 Å². The number of halogens is 2. The maximum atomic E-state index is 13.0. The Balaban J connectivity index is 1.81. The number of carbonyl (C=O) groups is 2. The maximum Gasteiger partial charge on any atom is 0.325 e. The van der Waals surface area contributed by atoms with Gasteiger partial charge in [-0.3, -0.25) is 9.59 Å². The van der Waals surface area contributed by atoms with E-state index in [1.165, 1.54) is 18.2 Å². The maximum absolute atomic E-state index is 13.0. The summed E-state index contributed by atoms with van der Waals surface area (Å²) in [6.45, 7) is -0.171. The molecule has 0 spiro atoms. The quantitative estimate of drug-likeness (QED) is 0.828. The zero-order valence-corrected chi connectivity index (χ0v) is 13.1. The van der Waals surface area contributed by atoms with Gasteiger partial charge in [-0.25, -0.2) is 4.39 Å². The smallest absolute Gasteiger partial charge is 0.325 e. The molecule has 0 saturated carbocycles. The molecule has 0 fully saturated rings. The van der Waals surface area contributed by atoms with E-state index < -0.39 is 17.7 Å². The van der Waals surface area contributed by atoms with Crippen LogP contribution in [0.4, 0.5) is 4.39 Å². The number of hydrogen-bond acceptors (Lipinski definition) is 3. The molecule has 0 unspecified atom stereocenters. The Morgan fingerprint density at radius 3 is 2.64 bits per heavy atom. The third-order valence-electron chi connectivity index (χ3n) is 2.83. The van der Waals surface area contributed by atoms with Crippen LogP contribution < -0.4 is 5.32 Å². The summed E-state index contributed by atoms with van der Waals surface area (Å²) in [5.74, 6) is -1.61. The van der Waals surface area contributed by atoms with Crippen LogP contribution in [0.1, 0.15) is 15.9 Å². The molecule has 22 heavy (non-hydrogen) atoms. The van der Waals surface area contributed by atoms with E-state index in [1.54, 1.807) is 0 Å². The minimum Gasteiger partial charge on any atom is -0.459 e. The standard InChI is InChI=1S/C16H13BrFNO3/c17-14-7-2-1-4-12(14)10-22-15(20)9-19-16(21)11-5-3-6-13(18)8-11/h1-8H,9-10H2,(H,19,21). The predicted molar refractivity (Wildman–Crippen MR) is 82.7 cm³/mol. The zero-order chi connectivity index (χ0) is 15.9. The number of ether oxygens (including phenoxy) is 1. The Morgan fingerprint density at radius 1 is 1.14 bits per heavy atom. The highest BCUT2D eigenvalue weighted by atomic mass is 79.9. The van der Waals surface area contributed by atoms with Crippen LogP contribution in [0, 0.1) is 5.82 Å². The van der Waals surface area contributed by atoms with Gasteiger partial charge in [0.15, 0.2) is 0 Å². The normalized spacial score (nSPS) is 10.1. The monoisotopic (exact) mass is 365 g/mol. The second kappa shape index (κ2) is 7.70. The molecule has 6 heteroatoms. The van der Waals surface area contributed by atoms with E-state index in [0.717, 1.165) is 16.1 Å². The molecule has 2 aromatic carbocycles. The van der Waals surface area contributed by atoms with E-state index in [-0.39, 0.29) is 18.7 Å². The summed E-state index contributed by atoms with van der Waals surface area (Å²) in [4.78, 5) is 23.3. The highest BCUT2D eigenvalue weighted by Gasteiger charge is 2.10. The molecule has 0 saturated heterocycles. The lowest BCUT2D eigenvalue weighted by Gasteiger charge is -2.08. The molecule has 0 radical (unpaired) electrons. The van der Waals surface area contributed by atoms with Crippen molar-refractivity contribution in [2.75, 3.05) is 6.54 Å². The third-order valence-corrected chi connectivity index (χ3v) is 3.60. The minimum atomic E-state index is -0.569. The van der Waals surface area contributed by atoms with Crippen molar-refractivity contribution in [3.05, 3.63) is 69.9 Å². The van der Waals surface area contributed by atoms with Crippen molar-refractivity contribution in [1.82, 2.24) is 5.32 Å². The topological polar surface area (TPSA) is 55.4 Å². The van der Waals surface area contributed by atoms with E-state index in [1.807, 2.05) is 24.3 Å². The number of benzene rings is 2. The van der Waals surface area contributed by atoms with E-state index in [0.29, 0.717) is 0 Å². The second-order valence-electron chi connectivity index (χ2n) is 4.45. The Bertz CT molecular complexity index is 691. The number of amides is 1. The average Bonchev–Trinajstić information content (AvgIpc) is 2.52. The van der Waals surface area contributed by atoms with Crippen LogP contribution in [-0.4, -0.2) is 18.4 Å². The fourth-order valence-corrected chi connectivity index (χ4v) is 2.11. The third kappa shape index (κ3) is 4.66. The van der Waals surface area contributed by atoms with Gasteiger partial charge in [0.1, 0.15) is 19.0 Å². The first-order valence-electron chi connectivity index (χ1n) is 6.49. The van der Waals surface area contributed by atoms with Gasteiger partial charge >= 0.3 is 5.97 Å². The van der Waals surface area contributed by atoms with Gasteiger partial charge < -0.3 is 10.1 Å². The van der Waals surface area contributed by atoms with Crippen molar-refractivity contribution < 1.29 is 18.7 Å². The summed E-state index contributed by atoms with van der Waals surface area (Å²) in [5.41, 5.74) is 0.978. The lowest BCUT2D eigenvalue weighted by atomic mass is 10.2. The lowest BCUT2D eigenvalue weighted by molar-refractivity contribution is -0.143. The molecule has 1 N–H and O–H groups in total. The fourth-order valence-electron chi connectivity index (χ4n) is 1.71. The number of esters is 1. The van der Waals surface area contributed by atoms with Gasteiger partial charge in [0.05, 0.1) is 0 Å². The summed E-state index contributed by atoms with van der Waals surface area (Å²) in [7, 11) is 0. The molecule has 0 aliphatic rings. The second-order valence-corrected chi connectivity index (χ2v) is 5.30. The summed E-state index contributed by atoms with van der Waals surface area (Å²) in [6, 6.07) is 12.6. The molecular formula is C16H13BrFNO3. The highest BCUT2D eigenvalue weighted by molar-refractivity contribution is 9.10. The van der Waals surface area contributed by atoms with E-state index >= 15 is 0 Å². The summed E-state index contributed by atoms with van der Waals surface area (Å²) in [6.07, 6.45) is 0. The van der Waals surface area contributed by atoms with Gasteiger partial charge in [0.2, 0.25) is 0 Å². The van der Waals surface area contributed by atoms with Crippen molar-refractivity contribution in [1.29, 1.82) is 0 Å². The summed E-state index contributed by atoms with van der Waals surface area (Å²) in [5, 5.41) is 2.38.